The van der Waals surface area contributed by atoms with E-state index in [4.69, 9.17) is 22.1 Å². The maximum absolute atomic E-state index is 13.2. The number of hydrogen-bond donors (Lipinski definition) is 5. The summed E-state index contributed by atoms with van der Waals surface area (Å²) >= 11 is 5.83. The van der Waals surface area contributed by atoms with Crippen LogP contribution in [0, 0.1) is 0 Å². The molecule has 3 aromatic rings. The van der Waals surface area contributed by atoms with E-state index in [2.05, 4.69) is 9.97 Å². The predicted molar refractivity (Wildman–Crippen MR) is 103 cm³/mol. The van der Waals surface area contributed by atoms with Crippen molar-refractivity contribution in [1.29, 1.82) is 0 Å². The molecule has 6 N–H and O–H groups in total. The quantitative estimate of drug-likeness (QED) is 0.322. The predicted octanol–water partition coefficient (Wildman–Crippen LogP) is -1.58. The molecule has 30 heavy (non-hydrogen) atoms. The minimum absolute atomic E-state index is 0.0536. The van der Waals surface area contributed by atoms with E-state index in [1.165, 1.54) is 24.3 Å². The van der Waals surface area contributed by atoms with Gasteiger partial charge in [0.15, 0.2) is 17.4 Å². The maximum Gasteiger partial charge on any atom is 0.339 e. The van der Waals surface area contributed by atoms with E-state index in [9.17, 15) is 29.7 Å². The van der Waals surface area contributed by atoms with Gasteiger partial charge in [0.2, 0.25) is 5.95 Å². The summed E-state index contributed by atoms with van der Waals surface area (Å²) < 4.78 is 6.70. The van der Waals surface area contributed by atoms with E-state index in [0.29, 0.717) is 9.59 Å². The summed E-state index contributed by atoms with van der Waals surface area (Å²) in [7, 11) is 0. The Hall–Kier alpha value is -3.03. The molecular formula is C17H16ClN5O7. The van der Waals surface area contributed by atoms with Crippen molar-refractivity contribution in [3.8, 4) is 0 Å². The number of aromatic nitrogens is 4. The Balaban J connectivity index is 1.98. The Labute approximate surface area is 171 Å². The smallest absolute Gasteiger partial charge is 0.339 e. The van der Waals surface area contributed by atoms with Crippen molar-refractivity contribution in [3.05, 3.63) is 55.7 Å². The van der Waals surface area contributed by atoms with Crippen LogP contribution in [0.1, 0.15) is 16.6 Å². The average molecular weight is 438 g/mol. The second-order valence-electron chi connectivity index (χ2n) is 6.65. The van der Waals surface area contributed by atoms with Crippen LogP contribution in [0.2, 0.25) is 5.02 Å². The summed E-state index contributed by atoms with van der Waals surface area (Å²) in [6, 6.07) is 5.61. The van der Waals surface area contributed by atoms with Gasteiger partial charge in [0.05, 0.1) is 6.61 Å². The number of imidazole rings is 1. The van der Waals surface area contributed by atoms with Gasteiger partial charge in [0, 0.05) is 10.6 Å². The molecular weight excluding hydrogens is 422 g/mol. The highest BCUT2D eigenvalue weighted by Crippen LogP contribution is 2.30. The minimum atomic E-state index is -1.65. The molecule has 0 unspecified atom stereocenters. The third kappa shape index (κ3) is 3.02. The number of rotatable bonds is 3. The number of nitrogen functional groups attached to an aromatic ring is 1. The molecule has 158 valence electrons. The Kier molecular flexibility index (Phi) is 4.95. The van der Waals surface area contributed by atoms with Gasteiger partial charge in [-0.2, -0.15) is 4.98 Å². The van der Waals surface area contributed by atoms with Crippen molar-refractivity contribution >= 4 is 34.6 Å². The lowest BCUT2D eigenvalue weighted by Crippen LogP contribution is -2.37. The number of aliphatic hydroxyl groups is 3. The van der Waals surface area contributed by atoms with Crippen LogP contribution >= 0.6 is 11.6 Å². The first-order chi connectivity index (χ1) is 14.2. The normalized spacial score (nSPS) is 23.9. The number of nitrogens with two attached hydrogens (primary N) is 1. The van der Waals surface area contributed by atoms with Gasteiger partial charge in [-0.05, 0) is 24.3 Å². The molecule has 0 saturated carbocycles. The Bertz CT molecular complexity index is 1250. The van der Waals surface area contributed by atoms with Crippen molar-refractivity contribution in [2.75, 3.05) is 12.3 Å². The van der Waals surface area contributed by atoms with Gasteiger partial charge in [-0.15, -0.1) is 0 Å². The number of aromatic amines is 1. The summed E-state index contributed by atoms with van der Waals surface area (Å²) in [5.74, 6) is -1.20. The molecule has 1 saturated heterocycles. The number of benzene rings is 1. The number of H-pyrrole nitrogens is 1. The third-order valence-corrected chi connectivity index (χ3v) is 5.06. The zero-order valence-electron chi connectivity index (χ0n) is 15.1. The molecule has 0 bridgehead atoms. The molecule has 1 aromatic carbocycles. The van der Waals surface area contributed by atoms with Gasteiger partial charge in [-0.3, -0.25) is 14.6 Å². The highest BCUT2D eigenvalue weighted by Gasteiger charge is 2.45. The number of halogens is 1. The number of fused-ring (bicyclic) bond motifs is 1. The van der Waals surface area contributed by atoms with Crippen LogP contribution in [-0.4, -0.2) is 65.2 Å². The van der Waals surface area contributed by atoms with Crippen molar-refractivity contribution < 1.29 is 24.9 Å². The molecule has 0 amide bonds. The molecule has 0 aliphatic carbocycles. The van der Waals surface area contributed by atoms with E-state index in [1.807, 2.05) is 0 Å². The largest absolute Gasteiger partial charge is 0.394 e. The molecule has 0 spiro atoms. The summed E-state index contributed by atoms with van der Waals surface area (Å²) in [6.45, 7) is -0.637. The van der Waals surface area contributed by atoms with Gasteiger partial charge in [-0.1, -0.05) is 11.6 Å². The molecule has 3 heterocycles. The number of anilines is 1. The number of nitrogens with zero attached hydrogens (tertiary/aromatic N) is 3. The first-order valence-electron chi connectivity index (χ1n) is 8.70. The lowest BCUT2D eigenvalue weighted by molar-refractivity contribution is -0.0526. The van der Waals surface area contributed by atoms with E-state index in [1.54, 1.807) is 0 Å². The topological polar surface area (TPSA) is 186 Å². The van der Waals surface area contributed by atoms with Gasteiger partial charge < -0.3 is 25.8 Å². The van der Waals surface area contributed by atoms with Gasteiger partial charge in [0.1, 0.15) is 18.3 Å². The monoisotopic (exact) mass is 437 g/mol. The van der Waals surface area contributed by atoms with Crippen molar-refractivity contribution in [1.82, 2.24) is 19.1 Å². The van der Waals surface area contributed by atoms with E-state index in [-0.39, 0.29) is 17.2 Å². The molecule has 4 rings (SSSR count). The summed E-state index contributed by atoms with van der Waals surface area (Å²) in [6.07, 6.45) is -5.88. The SMILES string of the molecule is Nc1nc2c(c(=O)[nH]1)n(C(=O)c1ccc(Cl)cc1)c(=O)n2[C@@H]1O[C@H](CO)[C@@H](O)[C@H]1O. The highest BCUT2D eigenvalue weighted by atomic mass is 35.5. The Morgan fingerprint density at radius 1 is 1.23 bits per heavy atom. The molecule has 12 nitrogen and oxygen atoms in total. The number of carbonyl (C=O) groups is 1. The molecule has 0 radical (unpaired) electrons. The maximum atomic E-state index is 13.2. The fourth-order valence-electron chi connectivity index (χ4n) is 3.37. The van der Waals surface area contributed by atoms with E-state index < -0.39 is 53.8 Å². The van der Waals surface area contributed by atoms with Crippen LogP contribution < -0.4 is 17.0 Å². The standard InChI is InChI=1S/C17H16ClN5O7/c18-7-3-1-6(2-4-7)14(28)22-9-12(20-16(19)21-13(9)27)23(17(22)29)15-11(26)10(25)8(5-24)30-15/h1-4,8,10-11,15,24-26H,5H2,(H3,19,20,21,27)/t8-,10-,11-,15-/m1/s1. The van der Waals surface area contributed by atoms with Crippen LogP contribution in [-0.2, 0) is 4.74 Å². The molecule has 1 aliphatic heterocycles. The molecule has 13 heteroatoms. The summed E-state index contributed by atoms with van der Waals surface area (Å²) in [5.41, 5.74) is 2.96. The van der Waals surface area contributed by atoms with Crippen LogP contribution in [0.4, 0.5) is 5.95 Å². The Morgan fingerprint density at radius 2 is 1.90 bits per heavy atom. The second-order valence-corrected chi connectivity index (χ2v) is 7.09. The summed E-state index contributed by atoms with van der Waals surface area (Å²) in [4.78, 5) is 44.9. The van der Waals surface area contributed by atoms with Crippen LogP contribution in [0.3, 0.4) is 0 Å². The minimum Gasteiger partial charge on any atom is -0.394 e. The van der Waals surface area contributed by atoms with Crippen LogP contribution in [0.25, 0.3) is 11.2 Å². The lowest BCUT2D eigenvalue weighted by atomic mass is 10.1. The first-order valence-corrected chi connectivity index (χ1v) is 9.08. The van der Waals surface area contributed by atoms with Crippen LogP contribution in [0.15, 0.2) is 33.9 Å². The van der Waals surface area contributed by atoms with E-state index >= 15 is 0 Å². The fourth-order valence-corrected chi connectivity index (χ4v) is 3.49. The molecule has 1 aliphatic rings. The zero-order valence-corrected chi connectivity index (χ0v) is 15.9. The average Bonchev–Trinajstić information content (AvgIpc) is 3.15. The zero-order chi connectivity index (χ0) is 21.7. The van der Waals surface area contributed by atoms with Crippen molar-refractivity contribution in [2.45, 2.75) is 24.5 Å². The number of carbonyl (C=O) groups excluding carboxylic acids is 1. The van der Waals surface area contributed by atoms with E-state index in [0.717, 1.165) is 4.57 Å². The van der Waals surface area contributed by atoms with Gasteiger partial charge in [0.25, 0.3) is 11.5 Å². The molecule has 4 atom stereocenters. The third-order valence-electron chi connectivity index (χ3n) is 4.81. The van der Waals surface area contributed by atoms with Crippen molar-refractivity contribution in [3.63, 3.8) is 0 Å². The fraction of sp³-hybridized carbons (Fsp3) is 0.294. The first kappa shape index (κ1) is 20.3. The van der Waals surface area contributed by atoms with Gasteiger partial charge in [-0.25, -0.2) is 13.9 Å². The van der Waals surface area contributed by atoms with Crippen molar-refractivity contribution in [2.24, 2.45) is 0 Å². The molecule has 2 aromatic heterocycles. The number of nitrogens with one attached hydrogen (secondary N) is 1. The number of ether oxygens (including phenoxy) is 1. The number of hydrogen-bond acceptors (Lipinski definition) is 9. The highest BCUT2D eigenvalue weighted by molar-refractivity contribution is 6.30. The van der Waals surface area contributed by atoms with Crippen LogP contribution in [0.5, 0.6) is 0 Å². The number of aliphatic hydroxyl groups excluding tert-OH is 3. The lowest BCUT2D eigenvalue weighted by Gasteiger charge is -2.15. The second kappa shape index (κ2) is 7.34. The van der Waals surface area contributed by atoms with Gasteiger partial charge >= 0.3 is 5.69 Å². The Morgan fingerprint density at radius 3 is 2.50 bits per heavy atom. The molecule has 1 fully saturated rings. The summed E-state index contributed by atoms with van der Waals surface area (Å²) in [5, 5.41) is 30.0.